The van der Waals surface area contributed by atoms with Crippen molar-refractivity contribution >= 4 is 0 Å². The Kier molecular flexibility index (Phi) is 3.75. The van der Waals surface area contributed by atoms with Crippen molar-refractivity contribution in [1.82, 2.24) is 20.3 Å². The van der Waals surface area contributed by atoms with Gasteiger partial charge in [0.2, 0.25) is 5.82 Å². The number of rotatable bonds is 5. The molecule has 1 aliphatic rings. The lowest BCUT2D eigenvalue weighted by Gasteiger charge is -2.07. The summed E-state index contributed by atoms with van der Waals surface area (Å²) in [6.07, 6.45) is 3.94. The van der Waals surface area contributed by atoms with Crippen molar-refractivity contribution in [2.75, 3.05) is 13.2 Å². The van der Waals surface area contributed by atoms with Crippen molar-refractivity contribution in [3.8, 4) is 11.5 Å². The van der Waals surface area contributed by atoms with Crippen LogP contribution in [0.25, 0.3) is 11.5 Å². The highest BCUT2D eigenvalue weighted by atomic mass is 16.5. The van der Waals surface area contributed by atoms with Crippen LogP contribution in [0.3, 0.4) is 0 Å². The summed E-state index contributed by atoms with van der Waals surface area (Å²) in [7, 11) is 0. The molecule has 3 heterocycles. The van der Waals surface area contributed by atoms with Gasteiger partial charge >= 0.3 is 0 Å². The summed E-state index contributed by atoms with van der Waals surface area (Å²) in [5, 5.41) is 11.5. The van der Waals surface area contributed by atoms with Gasteiger partial charge in [0.15, 0.2) is 0 Å². The van der Waals surface area contributed by atoms with Gasteiger partial charge in [-0.1, -0.05) is 5.16 Å². The Hall–Kier alpha value is -1.86. The van der Waals surface area contributed by atoms with E-state index in [1.54, 1.807) is 18.3 Å². The minimum absolute atomic E-state index is 0.197. The molecular formula is C12H14N4O3. The SMILES string of the molecule is c1cnnc(-c2noc(COC[C@@H]3CCCO3)n2)c1. The number of aromatic nitrogens is 4. The first-order chi connectivity index (χ1) is 9.42. The van der Waals surface area contributed by atoms with Gasteiger partial charge < -0.3 is 14.0 Å². The fourth-order valence-corrected chi connectivity index (χ4v) is 1.89. The quantitative estimate of drug-likeness (QED) is 0.801. The minimum Gasteiger partial charge on any atom is -0.376 e. The zero-order valence-corrected chi connectivity index (χ0v) is 10.4. The molecule has 3 rings (SSSR count). The van der Waals surface area contributed by atoms with E-state index in [0.29, 0.717) is 24.0 Å². The van der Waals surface area contributed by atoms with Crippen LogP contribution in [0.2, 0.25) is 0 Å². The molecule has 0 aliphatic carbocycles. The summed E-state index contributed by atoms with van der Waals surface area (Å²) in [6.45, 7) is 1.67. The first-order valence-corrected chi connectivity index (χ1v) is 6.22. The van der Waals surface area contributed by atoms with Crippen LogP contribution < -0.4 is 0 Å². The van der Waals surface area contributed by atoms with E-state index >= 15 is 0 Å². The molecule has 0 amide bonds. The minimum atomic E-state index is 0.197. The molecule has 0 N–H and O–H groups in total. The molecule has 2 aromatic heterocycles. The normalized spacial score (nSPS) is 18.8. The summed E-state index contributed by atoms with van der Waals surface area (Å²) in [5.74, 6) is 0.850. The van der Waals surface area contributed by atoms with Gasteiger partial charge in [-0.25, -0.2) is 0 Å². The van der Waals surface area contributed by atoms with Crippen LogP contribution in [-0.2, 0) is 16.1 Å². The Morgan fingerprint density at radius 1 is 1.42 bits per heavy atom. The molecule has 7 heteroatoms. The molecule has 0 aromatic carbocycles. The maximum atomic E-state index is 5.50. The standard InChI is InChI=1S/C12H14N4O3/c1-4-10(15-13-5-1)12-14-11(19-16-12)8-17-7-9-3-2-6-18-9/h1,4-5,9H,2-3,6-8H2/t9-/m0/s1. The number of hydrogen-bond acceptors (Lipinski definition) is 7. The maximum Gasteiger partial charge on any atom is 0.253 e. The molecule has 1 saturated heterocycles. The van der Waals surface area contributed by atoms with Gasteiger partial charge in [-0.2, -0.15) is 10.1 Å². The molecule has 0 spiro atoms. The summed E-state index contributed by atoms with van der Waals surface area (Å²) in [6, 6.07) is 3.54. The number of nitrogens with zero attached hydrogens (tertiary/aromatic N) is 4. The van der Waals surface area contributed by atoms with Crippen LogP contribution in [0, 0.1) is 0 Å². The topological polar surface area (TPSA) is 83.2 Å². The van der Waals surface area contributed by atoms with E-state index in [1.807, 2.05) is 0 Å². The Morgan fingerprint density at radius 2 is 2.42 bits per heavy atom. The fraction of sp³-hybridized carbons (Fsp3) is 0.500. The number of hydrogen-bond donors (Lipinski definition) is 0. The average molecular weight is 262 g/mol. The Labute approximate surface area is 109 Å². The van der Waals surface area contributed by atoms with Gasteiger partial charge in [0, 0.05) is 12.8 Å². The average Bonchev–Trinajstić information content (AvgIpc) is 3.11. The van der Waals surface area contributed by atoms with E-state index in [1.165, 1.54) is 0 Å². The summed E-state index contributed by atoms with van der Waals surface area (Å²) < 4.78 is 16.0. The molecule has 0 unspecified atom stereocenters. The van der Waals surface area contributed by atoms with Gasteiger partial charge in [-0.15, -0.1) is 5.10 Å². The monoisotopic (exact) mass is 262 g/mol. The van der Waals surface area contributed by atoms with Crippen LogP contribution in [0.1, 0.15) is 18.7 Å². The first-order valence-electron chi connectivity index (χ1n) is 6.22. The van der Waals surface area contributed by atoms with Crippen molar-refractivity contribution < 1.29 is 14.0 Å². The third-order valence-corrected chi connectivity index (χ3v) is 2.82. The maximum absolute atomic E-state index is 5.50. The lowest BCUT2D eigenvalue weighted by molar-refractivity contribution is 0.00325. The predicted molar refractivity (Wildman–Crippen MR) is 64.0 cm³/mol. The van der Waals surface area contributed by atoms with E-state index in [0.717, 1.165) is 19.4 Å². The Morgan fingerprint density at radius 3 is 3.21 bits per heavy atom. The largest absolute Gasteiger partial charge is 0.376 e. The highest BCUT2D eigenvalue weighted by Gasteiger charge is 2.16. The van der Waals surface area contributed by atoms with Crippen molar-refractivity contribution in [2.45, 2.75) is 25.6 Å². The lowest BCUT2D eigenvalue weighted by atomic mass is 10.2. The van der Waals surface area contributed by atoms with E-state index < -0.39 is 0 Å². The molecule has 7 nitrogen and oxygen atoms in total. The van der Waals surface area contributed by atoms with Gasteiger partial charge in [-0.05, 0) is 25.0 Å². The second kappa shape index (κ2) is 5.85. The van der Waals surface area contributed by atoms with Gasteiger partial charge in [0.1, 0.15) is 12.3 Å². The highest BCUT2D eigenvalue weighted by Crippen LogP contribution is 2.14. The predicted octanol–water partition coefficient (Wildman–Crippen LogP) is 1.22. The van der Waals surface area contributed by atoms with Crippen LogP contribution in [0.5, 0.6) is 0 Å². The zero-order valence-electron chi connectivity index (χ0n) is 10.4. The van der Waals surface area contributed by atoms with E-state index in [-0.39, 0.29) is 12.7 Å². The van der Waals surface area contributed by atoms with E-state index in [2.05, 4.69) is 20.3 Å². The number of ether oxygens (including phenoxy) is 2. The van der Waals surface area contributed by atoms with Gasteiger partial charge in [0.05, 0.1) is 12.7 Å². The molecule has 1 fully saturated rings. The molecule has 1 aliphatic heterocycles. The Bertz CT molecular complexity index is 511. The van der Waals surface area contributed by atoms with Crippen molar-refractivity contribution in [3.63, 3.8) is 0 Å². The van der Waals surface area contributed by atoms with Crippen molar-refractivity contribution in [1.29, 1.82) is 0 Å². The second-order valence-electron chi connectivity index (χ2n) is 4.27. The van der Waals surface area contributed by atoms with Crippen LogP contribution >= 0.6 is 0 Å². The van der Waals surface area contributed by atoms with E-state index in [4.69, 9.17) is 14.0 Å². The molecule has 100 valence electrons. The van der Waals surface area contributed by atoms with Gasteiger partial charge in [0.25, 0.3) is 5.89 Å². The first kappa shape index (κ1) is 12.2. The second-order valence-corrected chi connectivity index (χ2v) is 4.27. The third-order valence-electron chi connectivity index (χ3n) is 2.82. The van der Waals surface area contributed by atoms with Crippen molar-refractivity contribution in [3.05, 3.63) is 24.2 Å². The smallest absolute Gasteiger partial charge is 0.253 e. The molecule has 0 bridgehead atoms. The zero-order chi connectivity index (χ0) is 12.9. The molecule has 0 saturated carbocycles. The van der Waals surface area contributed by atoms with Crippen LogP contribution in [0.4, 0.5) is 0 Å². The molecular weight excluding hydrogens is 248 g/mol. The summed E-state index contributed by atoms with van der Waals surface area (Å²) in [5.41, 5.74) is 0.580. The lowest BCUT2D eigenvalue weighted by Crippen LogP contribution is -2.13. The van der Waals surface area contributed by atoms with Crippen LogP contribution in [-0.4, -0.2) is 39.7 Å². The Balaban J connectivity index is 1.53. The van der Waals surface area contributed by atoms with Gasteiger partial charge in [-0.3, -0.25) is 0 Å². The van der Waals surface area contributed by atoms with Crippen LogP contribution in [0.15, 0.2) is 22.9 Å². The molecule has 0 radical (unpaired) electrons. The fourth-order valence-electron chi connectivity index (χ4n) is 1.89. The third kappa shape index (κ3) is 3.12. The van der Waals surface area contributed by atoms with Crippen molar-refractivity contribution in [2.24, 2.45) is 0 Å². The summed E-state index contributed by atoms with van der Waals surface area (Å²) in [4.78, 5) is 4.20. The summed E-state index contributed by atoms with van der Waals surface area (Å²) >= 11 is 0. The van der Waals surface area contributed by atoms with E-state index in [9.17, 15) is 0 Å². The highest BCUT2D eigenvalue weighted by molar-refractivity contribution is 5.46. The molecule has 1 atom stereocenters. The molecule has 19 heavy (non-hydrogen) atoms. The molecule has 2 aromatic rings.